The van der Waals surface area contributed by atoms with Crippen LogP contribution in [0.25, 0.3) is 22.6 Å². The van der Waals surface area contributed by atoms with Gasteiger partial charge in [-0.1, -0.05) is 0 Å². The summed E-state index contributed by atoms with van der Waals surface area (Å²) in [4.78, 5) is 19.0. The molecular weight excluding hydrogens is 373 g/mol. The second kappa shape index (κ2) is 7.59. The van der Waals surface area contributed by atoms with Gasteiger partial charge in [0.25, 0.3) is 0 Å². The Morgan fingerprint density at radius 2 is 1.97 bits per heavy atom. The van der Waals surface area contributed by atoms with Gasteiger partial charge in [-0.2, -0.15) is 0 Å². The van der Waals surface area contributed by atoms with Crippen LogP contribution in [0.15, 0.2) is 30.6 Å². The number of piperidine rings is 1. The van der Waals surface area contributed by atoms with Crippen LogP contribution in [0.5, 0.6) is 5.75 Å². The predicted molar refractivity (Wildman–Crippen MR) is 108 cm³/mol. The van der Waals surface area contributed by atoms with Gasteiger partial charge in [-0.05, 0) is 44.6 Å². The normalized spacial score (nSPS) is 17.4. The molecule has 1 saturated heterocycles. The van der Waals surface area contributed by atoms with Gasteiger partial charge in [0, 0.05) is 24.2 Å². The van der Waals surface area contributed by atoms with Crippen molar-refractivity contribution in [3.63, 3.8) is 0 Å². The highest BCUT2D eigenvalue weighted by Gasteiger charge is 2.26. The molecule has 0 aromatic carbocycles. The molecule has 150 valence electrons. The smallest absolute Gasteiger partial charge is 0.221 e. The van der Waals surface area contributed by atoms with Gasteiger partial charge in [0.1, 0.15) is 17.1 Å². The Bertz CT molecular complexity index is 1040. The van der Waals surface area contributed by atoms with E-state index in [9.17, 15) is 5.11 Å². The zero-order valence-electron chi connectivity index (χ0n) is 16.0. The van der Waals surface area contributed by atoms with Crippen molar-refractivity contribution in [1.82, 2.24) is 24.8 Å². The Morgan fingerprint density at radius 3 is 2.69 bits per heavy atom. The molecular formula is C20H22FN7O. The van der Waals surface area contributed by atoms with Crippen molar-refractivity contribution in [2.45, 2.75) is 18.8 Å². The Balaban J connectivity index is 1.81. The number of likely N-dealkylation sites (tertiary alicyclic amines) is 1. The molecule has 8 nitrogen and oxygen atoms in total. The van der Waals surface area contributed by atoms with Crippen molar-refractivity contribution >= 4 is 11.6 Å². The number of hydrogen-bond acceptors (Lipinski definition) is 8. The lowest BCUT2D eigenvalue weighted by Crippen LogP contribution is -2.32. The first kappa shape index (κ1) is 19.0. The Labute approximate surface area is 167 Å². The summed E-state index contributed by atoms with van der Waals surface area (Å²) in [6, 6.07) is 4.48. The van der Waals surface area contributed by atoms with E-state index in [2.05, 4.69) is 24.8 Å². The molecule has 5 N–H and O–H groups in total. The van der Waals surface area contributed by atoms with Crippen molar-refractivity contribution in [2.75, 3.05) is 31.6 Å². The van der Waals surface area contributed by atoms with E-state index >= 15 is 4.39 Å². The van der Waals surface area contributed by atoms with Gasteiger partial charge in [-0.3, -0.25) is 9.97 Å². The average molecular weight is 395 g/mol. The number of hydrogen-bond donors (Lipinski definition) is 3. The monoisotopic (exact) mass is 395 g/mol. The van der Waals surface area contributed by atoms with Crippen molar-refractivity contribution in [3.8, 4) is 28.4 Å². The van der Waals surface area contributed by atoms with Gasteiger partial charge < -0.3 is 21.5 Å². The number of aromatic hydroxyl groups is 1. The van der Waals surface area contributed by atoms with Gasteiger partial charge in [-0.25, -0.2) is 14.4 Å². The Hall–Kier alpha value is -3.33. The summed E-state index contributed by atoms with van der Waals surface area (Å²) in [7, 11) is 2.04. The van der Waals surface area contributed by atoms with Crippen molar-refractivity contribution < 1.29 is 9.50 Å². The minimum absolute atomic E-state index is 0.00153. The molecule has 0 saturated carbocycles. The molecule has 3 aromatic heterocycles. The molecule has 0 bridgehead atoms. The highest BCUT2D eigenvalue weighted by molar-refractivity contribution is 5.77. The minimum Gasteiger partial charge on any atom is -0.506 e. The molecule has 0 aliphatic carbocycles. The predicted octanol–water partition coefficient (Wildman–Crippen LogP) is 2.42. The molecule has 4 heterocycles. The maximum absolute atomic E-state index is 15.4. The molecule has 0 radical (unpaired) electrons. The van der Waals surface area contributed by atoms with Gasteiger partial charge in [0.15, 0.2) is 5.82 Å². The zero-order valence-corrected chi connectivity index (χ0v) is 16.0. The summed E-state index contributed by atoms with van der Waals surface area (Å²) in [5.74, 6) is -0.477. The first-order valence-electron chi connectivity index (χ1n) is 9.35. The molecule has 3 aromatic rings. The van der Waals surface area contributed by atoms with Crippen molar-refractivity contribution in [2.24, 2.45) is 0 Å². The summed E-state index contributed by atoms with van der Waals surface area (Å²) in [6.45, 7) is 1.81. The summed E-state index contributed by atoms with van der Waals surface area (Å²) in [5.41, 5.74) is 14.0. The fourth-order valence-electron chi connectivity index (χ4n) is 3.74. The third-order valence-electron chi connectivity index (χ3n) is 5.14. The molecule has 1 atom stereocenters. The number of pyridine rings is 2. The number of anilines is 2. The first-order chi connectivity index (χ1) is 13.9. The number of aromatic nitrogens is 4. The van der Waals surface area contributed by atoms with Crippen LogP contribution in [0.2, 0.25) is 0 Å². The third kappa shape index (κ3) is 3.68. The molecule has 1 aliphatic rings. The van der Waals surface area contributed by atoms with E-state index in [1.54, 1.807) is 0 Å². The van der Waals surface area contributed by atoms with E-state index in [0.717, 1.165) is 25.9 Å². The number of halogens is 1. The van der Waals surface area contributed by atoms with E-state index < -0.39 is 5.82 Å². The second-order valence-corrected chi connectivity index (χ2v) is 7.25. The van der Waals surface area contributed by atoms with E-state index in [0.29, 0.717) is 17.1 Å². The van der Waals surface area contributed by atoms with Crippen LogP contribution < -0.4 is 11.5 Å². The molecule has 0 spiro atoms. The highest BCUT2D eigenvalue weighted by Crippen LogP contribution is 2.36. The lowest BCUT2D eigenvalue weighted by Gasteiger charge is -2.30. The van der Waals surface area contributed by atoms with Crippen LogP contribution in [0, 0.1) is 5.82 Å². The SMILES string of the molecule is CN1CCCC(c2nc(N)nc(-c3nccc(-c4ccc(O)cn4)c3F)c2N)C1. The Kier molecular flexibility index (Phi) is 4.98. The molecule has 9 heteroatoms. The standard InChI is InChI=1S/C20H22FN7O/c1-28-8-2-3-11(10-28)17-16(22)19(27-20(23)26-17)18-15(21)13(6-7-24-18)14-5-4-12(29)9-25-14/h4-7,9,11,29H,2-3,8,10,22H2,1H3,(H2,23,26,27). The largest absolute Gasteiger partial charge is 0.506 e. The topological polar surface area (TPSA) is 127 Å². The zero-order chi connectivity index (χ0) is 20.5. The summed E-state index contributed by atoms with van der Waals surface area (Å²) < 4.78 is 15.4. The summed E-state index contributed by atoms with van der Waals surface area (Å²) in [5, 5.41) is 9.43. The fraction of sp³-hybridized carbons (Fsp3) is 0.300. The number of nitrogens with zero attached hydrogens (tertiary/aromatic N) is 5. The number of nitrogen functional groups attached to an aromatic ring is 2. The van der Waals surface area contributed by atoms with Crippen molar-refractivity contribution in [3.05, 3.63) is 42.1 Å². The van der Waals surface area contributed by atoms with E-state index in [4.69, 9.17) is 11.5 Å². The number of nitrogens with two attached hydrogens (primary N) is 2. The van der Waals surface area contributed by atoms with Gasteiger partial charge in [-0.15, -0.1) is 0 Å². The quantitative estimate of drug-likeness (QED) is 0.617. The molecule has 1 unspecified atom stereocenters. The molecule has 1 fully saturated rings. The number of likely N-dealkylation sites (N-methyl/N-ethyl adjacent to an activating group) is 1. The second-order valence-electron chi connectivity index (χ2n) is 7.25. The summed E-state index contributed by atoms with van der Waals surface area (Å²) >= 11 is 0. The highest BCUT2D eigenvalue weighted by atomic mass is 19.1. The van der Waals surface area contributed by atoms with Crippen LogP contribution >= 0.6 is 0 Å². The van der Waals surface area contributed by atoms with E-state index in [-0.39, 0.29) is 34.6 Å². The van der Waals surface area contributed by atoms with Crippen LogP contribution in [0.3, 0.4) is 0 Å². The lowest BCUT2D eigenvalue weighted by molar-refractivity contribution is 0.249. The molecule has 0 amide bonds. The minimum atomic E-state index is -0.609. The van der Waals surface area contributed by atoms with Gasteiger partial charge in [0.05, 0.1) is 23.3 Å². The maximum atomic E-state index is 15.4. The van der Waals surface area contributed by atoms with E-state index in [1.807, 2.05) is 7.05 Å². The van der Waals surface area contributed by atoms with Gasteiger partial charge in [0.2, 0.25) is 5.95 Å². The van der Waals surface area contributed by atoms with Crippen LogP contribution in [0.4, 0.5) is 16.0 Å². The molecule has 1 aliphatic heterocycles. The summed E-state index contributed by atoms with van der Waals surface area (Å²) in [6.07, 6.45) is 4.67. The van der Waals surface area contributed by atoms with E-state index in [1.165, 1.54) is 30.6 Å². The van der Waals surface area contributed by atoms with Crippen LogP contribution in [0.1, 0.15) is 24.5 Å². The Morgan fingerprint density at radius 1 is 1.14 bits per heavy atom. The molecule has 4 rings (SSSR count). The first-order valence-corrected chi connectivity index (χ1v) is 9.35. The lowest BCUT2D eigenvalue weighted by atomic mass is 9.93. The van der Waals surface area contributed by atoms with Crippen molar-refractivity contribution in [1.29, 1.82) is 0 Å². The van der Waals surface area contributed by atoms with Gasteiger partial charge >= 0.3 is 0 Å². The number of rotatable bonds is 3. The maximum Gasteiger partial charge on any atom is 0.221 e. The third-order valence-corrected chi connectivity index (χ3v) is 5.14. The van der Waals surface area contributed by atoms with Crippen LogP contribution in [-0.4, -0.2) is 50.1 Å². The average Bonchev–Trinajstić information content (AvgIpc) is 2.71. The molecule has 29 heavy (non-hydrogen) atoms. The van der Waals surface area contributed by atoms with Crippen LogP contribution in [-0.2, 0) is 0 Å². The fourth-order valence-corrected chi connectivity index (χ4v) is 3.74.